The molecule has 1 unspecified atom stereocenters. The second-order valence-corrected chi connectivity index (χ2v) is 3.72. The Morgan fingerprint density at radius 3 is 3.17 bits per heavy atom. The quantitative estimate of drug-likeness (QED) is 0.741. The van der Waals surface area contributed by atoms with Crippen molar-refractivity contribution in [2.24, 2.45) is 0 Å². The van der Waals surface area contributed by atoms with Gasteiger partial charge in [0.1, 0.15) is 5.01 Å². The average molecular weight is 185 g/mol. The maximum Gasteiger partial charge on any atom is 0.232 e. The summed E-state index contributed by atoms with van der Waals surface area (Å²) >= 11 is 1.37. The molecule has 66 valence electrons. The van der Waals surface area contributed by atoms with E-state index < -0.39 is 0 Å². The Labute approximate surface area is 74.9 Å². The molecule has 2 rings (SSSR count). The predicted molar refractivity (Wildman–Crippen MR) is 47.0 cm³/mol. The van der Waals surface area contributed by atoms with Crippen molar-refractivity contribution < 1.29 is 4.74 Å². The molecule has 1 aliphatic rings. The highest BCUT2D eigenvalue weighted by Gasteiger charge is 2.17. The van der Waals surface area contributed by atoms with Gasteiger partial charge in [-0.1, -0.05) is 0 Å². The van der Waals surface area contributed by atoms with Gasteiger partial charge in [-0.2, -0.15) is 4.37 Å². The van der Waals surface area contributed by atoms with Crippen molar-refractivity contribution >= 4 is 17.5 Å². The predicted octanol–water partition coefficient (Wildman–Crippen LogP) is 0.842. The molecule has 0 aromatic carbocycles. The van der Waals surface area contributed by atoms with Gasteiger partial charge in [0.2, 0.25) is 5.95 Å². The molecule has 1 aromatic heterocycles. The van der Waals surface area contributed by atoms with E-state index in [-0.39, 0.29) is 0 Å². The van der Waals surface area contributed by atoms with Gasteiger partial charge in [-0.25, -0.2) is 4.98 Å². The van der Waals surface area contributed by atoms with Gasteiger partial charge in [0.25, 0.3) is 0 Å². The molecule has 12 heavy (non-hydrogen) atoms. The Kier molecular flexibility index (Phi) is 2.23. The summed E-state index contributed by atoms with van der Waals surface area (Å²) in [7, 11) is 0. The smallest absolute Gasteiger partial charge is 0.232 e. The average Bonchev–Trinajstić information content (AvgIpc) is 2.63. The lowest BCUT2D eigenvalue weighted by Gasteiger charge is -2.04. The molecule has 0 bridgehead atoms. The van der Waals surface area contributed by atoms with Crippen LogP contribution in [0.5, 0.6) is 0 Å². The van der Waals surface area contributed by atoms with Crippen LogP contribution in [-0.2, 0) is 11.2 Å². The Hall–Kier alpha value is -0.680. The van der Waals surface area contributed by atoms with E-state index in [2.05, 4.69) is 9.36 Å². The van der Waals surface area contributed by atoms with Crippen LogP contribution in [-0.4, -0.2) is 22.1 Å². The number of aromatic nitrogens is 2. The van der Waals surface area contributed by atoms with Crippen molar-refractivity contribution in [3.63, 3.8) is 0 Å². The number of anilines is 1. The Morgan fingerprint density at radius 1 is 1.67 bits per heavy atom. The van der Waals surface area contributed by atoms with Crippen LogP contribution in [0.2, 0.25) is 0 Å². The normalized spacial score (nSPS) is 23.2. The third kappa shape index (κ3) is 1.73. The number of nitrogen functional groups attached to an aromatic ring is 1. The minimum absolute atomic E-state index is 0.345. The third-order valence-electron chi connectivity index (χ3n) is 1.91. The van der Waals surface area contributed by atoms with Crippen molar-refractivity contribution in [3.8, 4) is 0 Å². The van der Waals surface area contributed by atoms with Crippen molar-refractivity contribution in [2.45, 2.75) is 25.4 Å². The fourth-order valence-corrected chi connectivity index (χ4v) is 1.99. The lowest BCUT2D eigenvalue weighted by atomic mass is 10.2. The zero-order chi connectivity index (χ0) is 8.39. The standard InChI is InChI=1S/C7H11N3OS/c8-7-9-6(12-10-7)4-5-2-1-3-11-5/h5H,1-4H2,(H2,8,10). The number of ether oxygens (including phenoxy) is 1. The molecule has 5 heteroatoms. The summed E-state index contributed by atoms with van der Waals surface area (Å²) in [5.41, 5.74) is 5.40. The zero-order valence-corrected chi connectivity index (χ0v) is 7.51. The topological polar surface area (TPSA) is 61.0 Å². The SMILES string of the molecule is Nc1nsc(CC2CCCO2)n1. The van der Waals surface area contributed by atoms with Crippen molar-refractivity contribution in [1.82, 2.24) is 9.36 Å². The molecule has 0 amide bonds. The van der Waals surface area contributed by atoms with Gasteiger partial charge in [-0.15, -0.1) is 0 Å². The van der Waals surface area contributed by atoms with Crippen molar-refractivity contribution in [2.75, 3.05) is 12.3 Å². The maximum absolute atomic E-state index is 5.46. The molecule has 4 nitrogen and oxygen atoms in total. The molecule has 0 spiro atoms. The van der Waals surface area contributed by atoms with Crippen LogP contribution in [0.3, 0.4) is 0 Å². The molecule has 2 heterocycles. The van der Waals surface area contributed by atoms with E-state index in [0.717, 1.165) is 24.5 Å². The number of rotatable bonds is 2. The minimum Gasteiger partial charge on any atom is -0.378 e. The van der Waals surface area contributed by atoms with Crippen LogP contribution in [0, 0.1) is 0 Å². The number of nitrogens with two attached hydrogens (primary N) is 1. The van der Waals surface area contributed by atoms with Gasteiger partial charge >= 0.3 is 0 Å². The molecule has 1 fully saturated rings. The molecule has 1 atom stereocenters. The summed E-state index contributed by atoms with van der Waals surface area (Å²) in [6, 6.07) is 0. The number of hydrogen-bond acceptors (Lipinski definition) is 5. The largest absolute Gasteiger partial charge is 0.378 e. The van der Waals surface area contributed by atoms with Crippen LogP contribution in [0.25, 0.3) is 0 Å². The van der Waals surface area contributed by atoms with E-state index in [0.29, 0.717) is 12.1 Å². The third-order valence-corrected chi connectivity index (χ3v) is 2.66. The molecule has 1 aliphatic heterocycles. The van der Waals surface area contributed by atoms with Gasteiger partial charge < -0.3 is 10.5 Å². The first-order chi connectivity index (χ1) is 5.84. The summed E-state index contributed by atoms with van der Waals surface area (Å²) in [5, 5.41) is 0.986. The van der Waals surface area contributed by atoms with Crippen LogP contribution < -0.4 is 5.73 Å². The molecule has 1 aromatic rings. The van der Waals surface area contributed by atoms with E-state index >= 15 is 0 Å². The van der Waals surface area contributed by atoms with Gasteiger partial charge in [0.15, 0.2) is 0 Å². The first kappa shape index (κ1) is 7.94. The van der Waals surface area contributed by atoms with Crippen molar-refractivity contribution in [1.29, 1.82) is 0 Å². The summed E-state index contributed by atoms with van der Waals surface area (Å²) in [6.07, 6.45) is 3.52. The van der Waals surface area contributed by atoms with Crippen LogP contribution >= 0.6 is 11.5 Å². The molecular weight excluding hydrogens is 174 g/mol. The molecule has 1 saturated heterocycles. The highest BCUT2D eigenvalue weighted by atomic mass is 32.1. The highest BCUT2D eigenvalue weighted by Crippen LogP contribution is 2.18. The van der Waals surface area contributed by atoms with Crippen LogP contribution in [0.4, 0.5) is 5.95 Å². The van der Waals surface area contributed by atoms with Crippen LogP contribution in [0.15, 0.2) is 0 Å². The zero-order valence-electron chi connectivity index (χ0n) is 6.69. The van der Waals surface area contributed by atoms with E-state index in [1.165, 1.54) is 18.0 Å². The lowest BCUT2D eigenvalue weighted by molar-refractivity contribution is 0.111. The monoisotopic (exact) mass is 185 g/mol. The van der Waals surface area contributed by atoms with Gasteiger partial charge in [-0.3, -0.25) is 0 Å². The second kappa shape index (κ2) is 3.37. The Morgan fingerprint density at radius 2 is 2.58 bits per heavy atom. The second-order valence-electron chi connectivity index (χ2n) is 2.89. The van der Waals surface area contributed by atoms with Gasteiger partial charge in [0, 0.05) is 13.0 Å². The molecular formula is C7H11N3OS. The summed E-state index contributed by atoms with van der Waals surface area (Å²) < 4.78 is 9.38. The fourth-order valence-electron chi connectivity index (χ4n) is 1.35. The van der Waals surface area contributed by atoms with Crippen molar-refractivity contribution in [3.05, 3.63) is 5.01 Å². The Balaban J connectivity index is 1.94. The van der Waals surface area contributed by atoms with Gasteiger partial charge in [-0.05, 0) is 24.4 Å². The Bertz CT molecular complexity index is 257. The first-order valence-electron chi connectivity index (χ1n) is 4.04. The highest BCUT2D eigenvalue weighted by molar-refractivity contribution is 7.05. The molecule has 2 N–H and O–H groups in total. The molecule has 0 saturated carbocycles. The van der Waals surface area contributed by atoms with E-state index in [1.807, 2.05) is 0 Å². The van der Waals surface area contributed by atoms with E-state index in [1.54, 1.807) is 0 Å². The van der Waals surface area contributed by atoms with E-state index in [4.69, 9.17) is 10.5 Å². The summed E-state index contributed by atoms with van der Waals surface area (Å²) in [6.45, 7) is 0.888. The fraction of sp³-hybridized carbons (Fsp3) is 0.714. The van der Waals surface area contributed by atoms with Crippen LogP contribution in [0.1, 0.15) is 17.8 Å². The lowest BCUT2D eigenvalue weighted by Crippen LogP contribution is -2.08. The summed E-state index contributed by atoms with van der Waals surface area (Å²) in [4.78, 5) is 4.08. The van der Waals surface area contributed by atoms with Gasteiger partial charge in [0.05, 0.1) is 6.10 Å². The number of nitrogens with zero attached hydrogens (tertiary/aromatic N) is 2. The molecule has 0 aliphatic carbocycles. The molecule has 0 radical (unpaired) electrons. The maximum atomic E-state index is 5.46. The number of hydrogen-bond donors (Lipinski definition) is 1. The minimum atomic E-state index is 0.345. The summed E-state index contributed by atoms with van der Waals surface area (Å²) in [5.74, 6) is 0.382. The van der Waals surface area contributed by atoms with E-state index in [9.17, 15) is 0 Å². The first-order valence-corrected chi connectivity index (χ1v) is 4.81.